The highest BCUT2D eigenvalue weighted by molar-refractivity contribution is 7.99. The number of benzene rings is 1. The molecule has 2 aromatic heterocycles. The fourth-order valence-electron chi connectivity index (χ4n) is 2.88. The Labute approximate surface area is 158 Å². The molecule has 0 unspecified atom stereocenters. The summed E-state index contributed by atoms with van der Waals surface area (Å²) in [5.74, 6) is 1.48. The molecular weight excluding hydrogens is 344 g/mol. The van der Waals surface area contributed by atoms with Gasteiger partial charge < -0.3 is 0 Å². The van der Waals surface area contributed by atoms with Gasteiger partial charge in [0, 0.05) is 25.5 Å². The van der Waals surface area contributed by atoms with Gasteiger partial charge in [-0.05, 0) is 42.9 Å². The Hall–Kier alpha value is -2.08. The maximum absolute atomic E-state index is 12.9. The summed E-state index contributed by atoms with van der Waals surface area (Å²) in [6.07, 6.45) is 6.96. The lowest BCUT2D eigenvalue weighted by molar-refractivity contribution is 0.481. The summed E-state index contributed by atoms with van der Waals surface area (Å²) in [4.78, 5) is 17.7. The average Bonchev–Trinajstić information content (AvgIpc) is 3.03. The Morgan fingerprint density at radius 2 is 2.04 bits per heavy atom. The van der Waals surface area contributed by atoms with Gasteiger partial charge in [-0.1, -0.05) is 37.7 Å². The zero-order chi connectivity index (χ0) is 18.5. The van der Waals surface area contributed by atoms with Crippen LogP contribution in [0.3, 0.4) is 0 Å². The Bertz CT molecular complexity index is 929. The zero-order valence-electron chi connectivity index (χ0n) is 15.7. The van der Waals surface area contributed by atoms with Crippen molar-refractivity contribution in [3.05, 3.63) is 52.6 Å². The molecule has 0 aliphatic carbocycles. The van der Waals surface area contributed by atoms with Gasteiger partial charge in [0.25, 0.3) is 5.56 Å². The van der Waals surface area contributed by atoms with E-state index in [2.05, 4.69) is 25.1 Å². The van der Waals surface area contributed by atoms with Gasteiger partial charge in [0.15, 0.2) is 5.16 Å². The van der Waals surface area contributed by atoms with Gasteiger partial charge in [-0.15, -0.1) is 0 Å². The van der Waals surface area contributed by atoms with E-state index in [1.807, 2.05) is 46.8 Å². The van der Waals surface area contributed by atoms with Crippen LogP contribution in [0, 0.1) is 5.92 Å². The first-order valence-electron chi connectivity index (χ1n) is 9.14. The molecule has 3 rings (SSSR count). The van der Waals surface area contributed by atoms with E-state index in [0.29, 0.717) is 11.3 Å². The second-order valence-electron chi connectivity index (χ2n) is 7.03. The Morgan fingerprint density at radius 3 is 2.77 bits per heavy atom. The number of hydrogen-bond acceptors (Lipinski definition) is 4. The molecule has 0 bridgehead atoms. The van der Waals surface area contributed by atoms with Crippen LogP contribution < -0.4 is 5.56 Å². The first-order chi connectivity index (χ1) is 12.5. The number of aromatic nitrogens is 4. The lowest BCUT2D eigenvalue weighted by Crippen LogP contribution is -2.24. The van der Waals surface area contributed by atoms with Crippen molar-refractivity contribution in [2.45, 2.75) is 44.8 Å². The maximum atomic E-state index is 12.9. The fraction of sp³-hybridized carbons (Fsp3) is 0.450. The van der Waals surface area contributed by atoms with Crippen molar-refractivity contribution in [1.82, 2.24) is 19.3 Å². The molecule has 0 aliphatic rings. The molecular formula is C20H26N4OS. The smallest absolute Gasteiger partial charge is 0.262 e. The van der Waals surface area contributed by atoms with E-state index in [1.54, 1.807) is 11.8 Å². The highest BCUT2D eigenvalue weighted by Gasteiger charge is 2.12. The molecule has 6 heteroatoms. The van der Waals surface area contributed by atoms with E-state index in [9.17, 15) is 4.79 Å². The number of rotatable bonds is 8. The van der Waals surface area contributed by atoms with Gasteiger partial charge in [-0.2, -0.15) is 5.10 Å². The molecule has 0 fully saturated rings. The molecule has 2 heterocycles. The summed E-state index contributed by atoms with van der Waals surface area (Å²) in [6.45, 7) is 5.08. The third kappa shape index (κ3) is 4.55. The predicted molar refractivity (Wildman–Crippen MR) is 108 cm³/mol. The Morgan fingerprint density at radius 1 is 1.23 bits per heavy atom. The Balaban J connectivity index is 1.76. The van der Waals surface area contributed by atoms with Gasteiger partial charge in [-0.25, -0.2) is 4.98 Å². The van der Waals surface area contributed by atoms with Crippen molar-refractivity contribution in [2.75, 3.05) is 5.75 Å². The van der Waals surface area contributed by atoms with Crippen molar-refractivity contribution in [2.24, 2.45) is 13.0 Å². The van der Waals surface area contributed by atoms with E-state index < -0.39 is 0 Å². The molecule has 0 saturated carbocycles. The molecule has 3 aromatic rings. The van der Waals surface area contributed by atoms with Crippen LogP contribution in [-0.4, -0.2) is 25.1 Å². The van der Waals surface area contributed by atoms with Crippen molar-refractivity contribution < 1.29 is 0 Å². The summed E-state index contributed by atoms with van der Waals surface area (Å²) in [5, 5.41) is 5.74. The third-order valence-corrected chi connectivity index (χ3v) is 5.42. The van der Waals surface area contributed by atoms with Crippen LogP contribution in [-0.2, 0) is 20.0 Å². The second kappa shape index (κ2) is 8.54. The van der Waals surface area contributed by atoms with Gasteiger partial charge in [0.05, 0.1) is 17.1 Å². The number of aryl methyl sites for hydroxylation is 2. The van der Waals surface area contributed by atoms with Crippen molar-refractivity contribution in [1.29, 1.82) is 0 Å². The standard InChI is InChI=1S/C20H26N4OS/c1-15(2)10-11-24-19(25)17-8-4-5-9-18(17)22-20(24)26-12-6-7-16-13-21-23(3)14-16/h4-5,8-9,13-15H,6-7,10-12H2,1-3H3. The molecule has 0 saturated heterocycles. The normalized spacial score (nSPS) is 11.5. The summed E-state index contributed by atoms with van der Waals surface area (Å²) >= 11 is 1.68. The molecule has 0 aliphatic heterocycles. The van der Waals surface area contributed by atoms with Crippen molar-refractivity contribution in [3.63, 3.8) is 0 Å². The maximum Gasteiger partial charge on any atom is 0.262 e. The summed E-state index contributed by atoms with van der Waals surface area (Å²) in [5.41, 5.74) is 2.11. The van der Waals surface area contributed by atoms with Crippen LogP contribution in [0.5, 0.6) is 0 Å². The first-order valence-corrected chi connectivity index (χ1v) is 10.1. The SMILES string of the molecule is CC(C)CCn1c(SCCCc2cnn(C)c2)nc2ccccc2c1=O. The number of nitrogens with zero attached hydrogens (tertiary/aromatic N) is 4. The summed E-state index contributed by atoms with van der Waals surface area (Å²) in [7, 11) is 1.94. The van der Waals surface area contributed by atoms with Gasteiger partial charge in [0.2, 0.25) is 0 Å². The van der Waals surface area contributed by atoms with Gasteiger partial charge >= 0.3 is 0 Å². The van der Waals surface area contributed by atoms with Crippen LogP contribution in [0.1, 0.15) is 32.3 Å². The van der Waals surface area contributed by atoms with Crippen molar-refractivity contribution in [3.8, 4) is 0 Å². The minimum Gasteiger partial charge on any atom is -0.287 e. The summed E-state index contributed by atoms with van der Waals surface area (Å²) < 4.78 is 3.69. The molecule has 0 atom stereocenters. The molecule has 0 spiro atoms. The first kappa shape index (κ1) is 18.7. The van der Waals surface area contributed by atoms with E-state index in [4.69, 9.17) is 4.98 Å². The molecule has 138 valence electrons. The minimum absolute atomic E-state index is 0.0750. The number of hydrogen-bond donors (Lipinski definition) is 0. The highest BCUT2D eigenvalue weighted by Crippen LogP contribution is 2.20. The largest absolute Gasteiger partial charge is 0.287 e. The van der Waals surface area contributed by atoms with E-state index in [0.717, 1.165) is 42.2 Å². The Kier molecular flexibility index (Phi) is 6.14. The lowest BCUT2D eigenvalue weighted by Gasteiger charge is -2.14. The zero-order valence-corrected chi connectivity index (χ0v) is 16.5. The molecule has 0 amide bonds. The molecule has 0 radical (unpaired) electrons. The molecule has 0 N–H and O–H groups in total. The second-order valence-corrected chi connectivity index (χ2v) is 8.09. The lowest BCUT2D eigenvalue weighted by atomic mass is 10.1. The monoisotopic (exact) mass is 370 g/mol. The highest BCUT2D eigenvalue weighted by atomic mass is 32.2. The topological polar surface area (TPSA) is 52.7 Å². The average molecular weight is 371 g/mol. The number of para-hydroxylation sites is 1. The summed E-state index contributed by atoms with van der Waals surface area (Å²) in [6, 6.07) is 7.62. The van der Waals surface area contributed by atoms with Crippen LogP contribution >= 0.6 is 11.8 Å². The van der Waals surface area contributed by atoms with E-state index in [-0.39, 0.29) is 5.56 Å². The number of thioether (sulfide) groups is 1. The van der Waals surface area contributed by atoms with E-state index in [1.165, 1.54) is 5.56 Å². The molecule has 5 nitrogen and oxygen atoms in total. The van der Waals surface area contributed by atoms with E-state index >= 15 is 0 Å². The van der Waals surface area contributed by atoms with Gasteiger partial charge in [-0.3, -0.25) is 14.0 Å². The number of fused-ring (bicyclic) bond motifs is 1. The fourth-order valence-corrected chi connectivity index (χ4v) is 3.85. The van der Waals surface area contributed by atoms with Gasteiger partial charge in [0.1, 0.15) is 0 Å². The van der Waals surface area contributed by atoms with Crippen LogP contribution in [0.15, 0.2) is 46.6 Å². The minimum atomic E-state index is 0.0750. The van der Waals surface area contributed by atoms with Crippen LogP contribution in [0.2, 0.25) is 0 Å². The van der Waals surface area contributed by atoms with Crippen LogP contribution in [0.25, 0.3) is 10.9 Å². The predicted octanol–water partition coefficient (Wildman–Crippen LogP) is 3.90. The van der Waals surface area contributed by atoms with Crippen LogP contribution in [0.4, 0.5) is 0 Å². The quantitative estimate of drug-likeness (QED) is 0.343. The molecule has 1 aromatic carbocycles. The van der Waals surface area contributed by atoms with Crippen molar-refractivity contribution >= 4 is 22.7 Å². The third-order valence-electron chi connectivity index (χ3n) is 4.36. The molecule has 26 heavy (non-hydrogen) atoms.